The summed E-state index contributed by atoms with van der Waals surface area (Å²) in [5.41, 5.74) is -0.922. The predicted molar refractivity (Wildman–Crippen MR) is 101 cm³/mol. The molecule has 0 aliphatic carbocycles. The lowest BCUT2D eigenvalue weighted by atomic mass is 10.2. The molecule has 28 heavy (non-hydrogen) atoms. The summed E-state index contributed by atoms with van der Waals surface area (Å²) >= 11 is 5.03. The highest BCUT2D eigenvalue weighted by molar-refractivity contribution is 7.79. The fourth-order valence-corrected chi connectivity index (χ4v) is 2.61. The quantitative estimate of drug-likeness (QED) is 0.644. The van der Waals surface area contributed by atoms with E-state index in [0.29, 0.717) is 18.6 Å². The number of carboxylic acid groups (broad SMARTS) is 2. The van der Waals surface area contributed by atoms with Crippen molar-refractivity contribution in [2.24, 2.45) is 0 Å². The van der Waals surface area contributed by atoms with E-state index < -0.39 is 23.6 Å². The fraction of sp³-hybridized carbons (Fsp3) is 0.294. The highest BCUT2D eigenvalue weighted by atomic mass is 32.1. The number of ether oxygens (including phenoxy) is 3. The van der Waals surface area contributed by atoms with Gasteiger partial charge in [0.2, 0.25) is 0 Å². The maximum atomic E-state index is 11.8. The molecule has 1 saturated heterocycles. The van der Waals surface area contributed by atoms with Gasteiger partial charge in [0.25, 0.3) is 5.56 Å². The van der Waals surface area contributed by atoms with Gasteiger partial charge in [-0.1, -0.05) is 18.2 Å². The standard InChI is InChI=1S/C16H16N2O5S.CH2O3/c19-13-8-9-18(15(20)17-13)14-7-6-12(22-14)10-21-16(24)23-11-4-2-1-3-5-11;2-1(3)4/h1-5,8-9,12,14H,6-7,10H2,(H,17,19,20);(H2,2,3,4). The van der Waals surface area contributed by atoms with Crippen LogP contribution < -0.4 is 16.0 Å². The first-order chi connectivity index (χ1) is 13.3. The van der Waals surface area contributed by atoms with Gasteiger partial charge in [0.05, 0.1) is 6.10 Å². The van der Waals surface area contributed by atoms with Gasteiger partial charge >= 0.3 is 17.1 Å². The Morgan fingerprint density at radius 1 is 1.21 bits per heavy atom. The van der Waals surface area contributed by atoms with Crippen molar-refractivity contribution in [3.63, 3.8) is 0 Å². The van der Waals surface area contributed by atoms with Crippen LogP contribution in [0, 0.1) is 0 Å². The van der Waals surface area contributed by atoms with Crippen LogP contribution in [0.1, 0.15) is 19.1 Å². The maximum absolute atomic E-state index is 11.8. The van der Waals surface area contributed by atoms with Crippen molar-refractivity contribution in [1.82, 2.24) is 9.55 Å². The number of nitrogens with zero attached hydrogens (tertiary/aromatic N) is 1. The monoisotopic (exact) mass is 410 g/mol. The minimum atomic E-state index is -1.83. The van der Waals surface area contributed by atoms with E-state index in [1.54, 1.807) is 12.1 Å². The Morgan fingerprint density at radius 3 is 2.54 bits per heavy atom. The highest BCUT2D eigenvalue weighted by Crippen LogP contribution is 2.27. The summed E-state index contributed by atoms with van der Waals surface area (Å²) in [5.74, 6) is 0.604. The number of hydrogen-bond donors (Lipinski definition) is 3. The summed E-state index contributed by atoms with van der Waals surface area (Å²) in [4.78, 5) is 33.6. The van der Waals surface area contributed by atoms with Crippen LogP contribution in [0.25, 0.3) is 0 Å². The molecule has 3 N–H and O–H groups in total. The molecule has 2 atom stereocenters. The van der Waals surface area contributed by atoms with E-state index in [1.165, 1.54) is 16.8 Å². The number of aromatic amines is 1. The number of benzene rings is 1. The van der Waals surface area contributed by atoms with Gasteiger partial charge in [0, 0.05) is 24.5 Å². The van der Waals surface area contributed by atoms with E-state index in [4.69, 9.17) is 41.4 Å². The van der Waals surface area contributed by atoms with Gasteiger partial charge in [-0.2, -0.15) is 0 Å². The molecule has 1 fully saturated rings. The number of carbonyl (C=O) groups is 1. The van der Waals surface area contributed by atoms with Crippen LogP contribution >= 0.6 is 12.2 Å². The minimum absolute atomic E-state index is 0.0226. The molecule has 0 amide bonds. The van der Waals surface area contributed by atoms with Crippen molar-refractivity contribution in [1.29, 1.82) is 0 Å². The third-order valence-electron chi connectivity index (χ3n) is 3.58. The van der Waals surface area contributed by atoms with E-state index in [9.17, 15) is 9.59 Å². The lowest BCUT2D eigenvalue weighted by Crippen LogP contribution is -2.32. The molecule has 2 unspecified atom stereocenters. The Morgan fingerprint density at radius 2 is 1.89 bits per heavy atom. The van der Waals surface area contributed by atoms with Crippen molar-refractivity contribution in [3.05, 3.63) is 63.4 Å². The van der Waals surface area contributed by atoms with Crippen molar-refractivity contribution in [3.8, 4) is 5.75 Å². The Balaban J connectivity index is 0.000000640. The first-order valence-corrected chi connectivity index (χ1v) is 8.54. The second-order valence-corrected chi connectivity index (χ2v) is 5.90. The summed E-state index contributed by atoms with van der Waals surface area (Å²) < 4.78 is 17.9. The van der Waals surface area contributed by atoms with Gasteiger partial charge in [-0.25, -0.2) is 9.59 Å². The number of H-pyrrole nitrogens is 1. The van der Waals surface area contributed by atoms with Crippen molar-refractivity contribution in [2.75, 3.05) is 6.61 Å². The van der Waals surface area contributed by atoms with E-state index in [2.05, 4.69) is 4.98 Å². The summed E-state index contributed by atoms with van der Waals surface area (Å²) in [5, 5.41) is 14.0. The Hall–Kier alpha value is -3.18. The van der Waals surface area contributed by atoms with Gasteiger partial charge in [-0.05, 0) is 25.0 Å². The molecule has 0 radical (unpaired) electrons. The van der Waals surface area contributed by atoms with Crippen LogP contribution in [-0.2, 0) is 9.47 Å². The largest absolute Gasteiger partial charge is 0.503 e. The van der Waals surface area contributed by atoms with Gasteiger partial charge in [-0.15, -0.1) is 0 Å². The molecular weight excluding hydrogens is 392 g/mol. The number of thiocarbonyl (C=S) groups is 1. The Bertz CT molecular complexity index is 907. The zero-order valence-electron chi connectivity index (χ0n) is 14.5. The van der Waals surface area contributed by atoms with E-state index in [0.717, 1.165) is 0 Å². The average Bonchev–Trinajstić information content (AvgIpc) is 3.09. The van der Waals surface area contributed by atoms with Crippen molar-refractivity contribution < 1.29 is 29.2 Å². The molecule has 150 valence electrons. The predicted octanol–water partition coefficient (Wildman–Crippen LogP) is 1.82. The fourth-order valence-electron chi connectivity index (χ4n) is 2.44. The normalized spacial score (nSPS) is 17.9. The molecule has 0 bridgehead atoms. The number of nitrogens with one attached hydrogen (secondary N) is 1. The summed E-state index contributed by atoms with van der Waals surface area (Å²) in [6.45, 7) is 0.236. The maximum Gasteiger partial charge on any atom is 0.503 e. The van der Waals surface area contributed by atoms with Gasteiger partial charge in [-0.3, -0.25) is 14.3 Å². The Kier molecular flexibility index (Phi) is 7.72. The number of aromatic nitrogens is 2. The Labute approximate surface area is 163 Å². The second kappa shape index (κ2) is 10.2. The lowest BCUT2D eigenvalue weighted by molar-refractivity contribution is -0.0243. The summed E-state index contributed by atoms with van der Waals surface area (Å²) in [7, 11) is 0. The number of para-hydroxylation sites is 1. The summed E-state index contributed by atoms with van der Waals surface area (Å²) in [6.07, 6.45) is 0.326. The van der Waals surface area contributed by atoms with Crippen molar-refractivity contribution >= 4 is 23.6 Å². The number of hydrogen-bond acceptors (Lipinski definition) is 7. The molecule has 1 aromatic carbocycles. The van der Waals surface area contributed by atoms with Crippen LogP contribution in [0.3, 0.4) is 0 Å². The molecule has 0 spiro atoms. The minimum Gasteiger partial charge on any atom is -0.454 e. The third-order valence-corrected chi connectivity index (χ3v) is 3.78. The SMILES string of the molecule is O=C(O)O.O=c1ccn(C2CCC(COC(=S)Oc3ccccc3)O2)c(=O)[nH]1. The molecule has 0 saturated carbocycles. The lowest BCUT2D eigenvalue weighted by Gasteiger charge is -2.16. The topological polar surface area (TPSA) is 140 Å². The molecule has 10 nitrogen and oxygen atoms in total. The van der Waals surface area contributed by atoms with Gasteiger partial charge in [0.1, 0.15) is 18.6 Å². The second-order valence-electron chi connectivity index (χ2n) is 5.57. The van der Waals surface area contributed by atoms with Crippen LogP contribution in [0.15, 0.2) is 52.2 Å². The first-order valence-electron chi connectivity index (χ1n) is 8.13. The molecule has 2 aromatic rings. The van der Waals surface area contributed by atoms with Crippen LogP contribution in [0.2, 0.25) is 0 Å². The molecule has 11 heteroatoms. The molecular formula is C17H18N2O8S. The average molecular weight is 410 g/mol. The highest BCUT2D eigenvalue weighted by Gasteiger charge is 2.28. The molecule has 3 rings (SSSR count). The van der Waals surface area contributed by atoms with Crippen LogP contribution in [0.4, 0.5) is 4.79 Å². The first kappa shape index (κ1) is 21.1. The smallest absolute Gasteiger partial charge is 0.454 e. The zero-order valence-corrected chi connectivity index (χ0v) is 15.3. The van der Waals surface area contributed by atoms with Gasteiger partial charge < -0.3 is 24.4 Å². The third kappa shape index (κ3) is 6.85. The molecule has 1 aromatic heterocycles. The zero-order chi connectivity index (χ0) is 20.5. The van der Waals surface area contributed by atoms with E-state index in [-0.39, 0.29) is 17.9 Å². The van der Waals surface area contributed by atoms with Crippen LogP contribution in [-0.4, -0.2) is 43.9 Å². The summed E-state index contributed by atoms with van der Waals surface area (Å²) in [6, 6.07) is 10.4. The number of rotatable bonds is 4. The van der Waals surface area contributed by atoms with Crippen molar-refractivity contribution in [2.45, 2.75) is 25.2 Å². The van der Waals surface area contributed by atoms with Crippen LogP contribution in [0.5, 0.6) is 5.75 Å². The molecule has 1 aliphatic rings. The molecule has 2 heterocycles. The van der Waals surface area contributed by atoms with E-state index >= 15 is 0 Å². The van der Waals surface area contributed by atoms with Gasteiger partial charge in [0.15, 0.2) is 0 Å². The molecule has 1 aliphatic heterocycles. The van der Waals surface area contributed by atoms with E-state index in [1.807, 2.05) is 18.2 Å².